The largest absolute Gasteiger partial charge is 0.456 e. The van der Waals surface area contributed by atoms with Crippen LogP contribution in [0.4, 0.5) is 17.1 Å². The molecule has 6 aromatic carbocycles. The van der Waals surface area contributed by atoms with Crippen molar-refractivity contribution < 1.29 is 4.42 Å². The van der Waals surface area contributed by atoms with E-state index in [1.807, 2.05) is 12.1 Å². The van der Waals surface area contributed by atoms with Crippen LogP contribution in [0.3, 0.4) is 0 Å². The van der Waals surface area contributed by atoms with Gasteiger partial charge in [0.2, 0.25) is 0 Å². The van der Waals surface area contributed by atoms with Crippen LogP contribution in [0, 0.1) is 0 Å². The summed E-state index contributed by atoms with van der Waals surface area (Å²) in [7, 11) is 0. The first-order chi connectivity index (χ1) is 20.1. The summed E-state index contributed by atoms with van der Waals surface area (Å²) in [5, 5.41) is 2.28. The molecule has 0 spiro atoms. The maximum atomic E-state index is 6.27. The highest BCUT2D eigenvalue weighted by Crippen LogP contribution is 2.51. The second-order valence-corrected chi connectivity index (χ2v) is 11.4. The third-order valence-electron chi connectivity index (χ3n) is 8.68. The average molecular weight is 528 g/mol. The van der Waals surface area contributed by atoms with Crippen molar-refractivity contribution in [2.45, 2.75) is 19.3 Å². The van der Waals surface area contributed by atoms with E-state index in [0.717, 1.165) is 50.1 Å². The molecular weight excluding hydrogens is 498 g/mol. The van der Waals surface area contributed by atoms with Gasteiger partial charge < -0.3 is 9.32 Å². The van der Waals surface area contributed by atoms with Gasteiger partial charge in [-0.05, 0) is 70.3 Å². The SMILES string of the molecule is CC1(C)c2ccccc2-c2cc(N(c3ccccc3)c3ccccc3-c3cccc4oc5ccccc5c34)ccc21. The van der Waals surface area contributed by atoms with E-state index in [2.05, 4.69) is 146 Å². The lowest BCUT2D eigenvalue weighted by Gasteiger charge is -2.29. The van der Waals surface area contributed by atoms with Gasteiger partial charge in [0.05, 0.1) is 5.69 Å². The van der Waals surface area contributed by atoms with Crippen LogP contribution >= 0.6 is 0 Å². The number of fused-ring (bicyclic) bond motifs is 6. The Balaban J connectivity index is 1.38. The number of anilines is 3. The van der Waals surface area contributed by atoms with Gasteiger partial charge >= 0.3 is 0 Å². The Bertz CT molecular complexity index is 2080. The fraction of sp³-hybridized carbons (Fsp3) is 0.0769. The lowest BCUT2D eigenvalue weighted by Crippen LogP contribution is -2.15. The van der Waals surface area contributed by atoms with Crippen LogP contribution in [0.2, 0.25) is 0 Å². The van der Waals surface area contributed by atoms with Crippen LogP contribution in [0.15, 0.2) is 144 Å². The predicted octanol–water partition coefficient (Wildman–Crippen LogP) is 11.0. The van der Waals surface area contributed by atoms with Crippen LogP contribution in [0.25, 0.3) is 44.2 Å². The molecule has 0 saturated heterocycles. The molecule has 2 heteroatoms. The second kappa shape index (κ2) is 8.97. The maximum Gasteiger partial charge on any atom is 0.136 e. The van der Waals surface area contributed by atoms with E-state index in [-0.39, 0.29) is 5.41 Å². The number of nitrogens with zero attached hydrogens (tertiary/aromatic N) is 1. The fourth-order valence-corrected chi connectivity index (χ4v) is 6.75. The summed E-state index contributed by atoms with van der Waals surface area (Å²) >= 11 is 0. The molecular formula is C39H29NO. The smallest absolute Gasteiger partial charge is 0.136 e. The first-order valence-corrected chi connectivity index (χ1v) is 14.2. The summed E-state index contributed by atoms with van der Waals surface area (Å²) in [6.45, 7) is 4.66. The normalized spacial score (nSPS) is 13.3. The number of rotatable bonds is 4. The van der Waals surface area contributed by atoms with Crippen molar-refractivity contribution >= 4 is 39.0 Å². The van der Waals surface area contributed by atoms with Crippen molar-refractivity contribution in [1.29, 1.82) is 0 Å². The molecule has 7 aromatic rings. The summed E-state index contributed by atoms with van der Waals surface area (Å²) in [6, 6.07) is 49.9. The van der Waals surface area contributed by atoms with Gasteiger partial charge in [-0.15, -0.1) is 0 Å². The second-order valence-electron chi connectivity index (χ2n) is 11.4. The van der Waals surface area contributed by atoms with Gasteiger partial charge in [-0.25, -0.2) is 0 Å². The Morgan fingerprint density at radius 2 is 1.15 bits per heavy atom. The molecule has 0 unspecified atom stereocenters. The Morgan fingerprint density at radius 3 is 2.02 bits per heavy atom. The summed E-state index contributed by atoms with van der Waals surface area (Å²) in [4.78, 5) is 2.39. The van der Waals surface area contributed by atoms with E-state index in [1.54, 1.807) is 0 Å². The summed E-state index contributed by atoms with van der Waals surface area (Å²) in [5.74, 6) is 0. The topological polar surface area (TPSA) is 16.4 Å². The van der Waals surface area contributed by atoms with Crippen molar-refractivity contribution in [3.63, 3.8) is 0 Å². The molecule has 0 bridgehead atoms. The van der Waals surface area contributed by atoms with Gasteiger partial charge in [-0.1, -0.05) is 111 Å². The molecule has 0 atom stereocenters. The Morgan fingerprint density at radius 1 is 0.488 bits per heavy atom. The molecule has 1 heterocycles. The molecule has 0 fully saturated rings. The van der Waals surface area contributed by atoms with E-state index in [4.69, 9.17) is 4.42 Å². The first kappa shape index (κ1) is 23.8. The summed E-state index contributed by atoms with van der Waals surface area (Å²) in [5.41, 5.74) is 12.9. The molecule has 0 saturated carbocycles. The third-order valence-corrected chi connectivity index (χ3v) is 8.68. The molecule has 1 aliphatic carbocycles. The van der Waals surface area contributed by atoms with Crippen LogP contribution in [0.5, 0.6) is 0 Å². The first-order valence-electron chi connectivity index (χ1n) is 14.2. The van der Waals surface area contributed by atoms with Crippen LogP contribution in [-0.2, 0) is 5.41 Å². The van der Waals surface area contributed by atoms with Gasteiger partial charge in [-0.3, -0.25) is 0 Å². The zero-order valence-corrected chi connectivity index (χ0v) is 23.1. The fourth-order valence-electron chi connectivity index (χ4n) is 6.75. The van der Waals surface area contributed by atoms with E-state index in [1.165, 1.54) is 22.3 Å². The predicted molar refractivity (Wildman–Crippen MR) is 171 cm³/mol. The molecule has 1 aromatic heterocycles. The van der Waals surface area contributed by atoms with Crippen LogP contribution < -0.4 is 4.90 Å². The maximum absolute atomic E-state index is 6.27. The highest BCUT2D eigenvalue weighted by molar-refractivity contribution is 6.13. The van der Waals surface area contributed by atoms with E-state index < -0.39 is 0 Å². The van der Waals surface area contributed by atoms with Crippen molar-refractivity contribution in [2.24, 2.45) is 0 Å². The Hall–Kier alpha value is -5.08. The van der Waals surface area contributed by atoms with Gasteiger partial charge in [0.1, 0.15) is 11.2 Å². The number of furan rings is 1. The van der Waals surface area contributed by atoms with Gasteiger partial charge in [0.25, 0.3) is 0 Å². The molecule has 196 valence electrons. The van der Waals surface area contributed by atoms with Gasteiger partial charge in [0.15, 0.2) is 0 Å². The van der Waals surface area contributed by atoms with E-state index in [9.17, 15) is 0 Å². The van der Waals surface area contributed by atoms with Crippen molar-refractivity contribution in [3.8, 4) is 22.3 Å². The Labute approximate surface area is 240 Å². The van der Waals surface area contributed by atoms with Crippen molar-refractivity contribution in [1.82, 2.24) is 0 Å². The standard InChI is InChI=1S/C39H29NO/c1-39(2)33-19-9-6-15-28(33)32-25-27(23-24-34(32)39)40(26-13-4-3-5-14-26)35-20-10-7-16-29(35)30-18-12-22-37-38(30)31-17-8-11-21-36(31)41-37/h3-25H,1-2H3. The van der Waals surface area contributed by atoms with Crippen molar-refractivity contribution in [3.05, 3.63) is 151 Å². The molecule has 41 heavy (non-hydrogen) atoms. The quantitative estimate of drug-likeness (QED) is 0.226. The summed E-state index contributed by atoms with van der Waals surface area (Å²) < 4.78 is 6.27. The molecule has 1 aliphatic rings. The highest BCUT2D eigenvalue weighted by atomic mass is 16.3. The molecule has 0 amide bonds. The zero-order chi connectivity index (χ0) is 27.6. The van der Waals surface area contributed by atoms with Crippen LogP contribution in [-0.4, -0.2) is 0 Å². The number of benzene rings is 6. The minimum absolute atomic E-state index is 0.0298. The zero-order valence-electron chi connectivity index (χ0n) is 23.1. The van der Waals surface area contributed by atoms with Gasteiger partial charge in [-0.2, -0.15) is 0 Å². The molecule has 2 nitrogen and oxygen atoms in total. The van der Waals surface area contributed by atoms with Gasteiger partial charge in [0, 0.05) is 33.1 Å². The minimum atomic E-state index is -0.0298. The van der Waals surface area contributed by atoms with E-state index in [0.29, 0.717) is 0 Å². The lowest BCUT2D eigenvalue weighted by atomic mass is 9.82. The monoisotopic (exact) mass is 527 g/mol. The number of hydrogen-bond donors (Lipinski definition) is 0. The summed E-state index contributed by atoms with van der Waals surface area (Å²) in [6.07, 6.45) is 0. The minimum Gasteiger partial charge on any atom is -0.456 e. The molecule has 0 aliphatic heterocycles. The van der Waals surface area contributed by atoms with Crippen molar-refractivity contribution in [2.75, 3.05) is 4.90 Å². The average Bonchev–Trinajstić information content (AvgIpc) is 3.51. The Kier molecular flexibility index (Phi) is 5.20. The number of para-hydroxylation sites is 3. The molecule has 0 radical (unpaired) electrons. The van der Waals surface area contributed by atoms with E-state index >= 15 is 0 Å². The highest BCUT2D eigenvalue weighted by Gasteiger charge is 2.35. The number of hydrogen-bond acceptors (Lipinski definition) is 2. The molecule has 0 N–H and O–H groups in total. The third kappa shape index (κ3) is 3.57. The lowest BCUT2D eigenvalue weighted by molar-refractivity contribution is 0.660. The molecule has 8 rings (SSSR count). The van der Waals surface area contributed by atoms with Crippen LogP contribution in [0.1, 0.15) is 25.0 Å².